The van der Waals surface area contributed by atoms with Gasteiger partial charge in [-0.2, -0.15) is 5.10 Å². The molecule has 2 aliphatic rings. The fourth-order valence-electron chi connectivity index (χ4n) is 2.37. The number of hydrogen-bond acceptors (Lipinski definition) is 2. The molecule has 0 aromatic heterocycles. The molecule has 0 amide bonds. The molecule has 2 heteroatoms. The third-order valence-electron chi connectivity index (χ3n) is 2.99. The molecule has 0 heterocycles. The summed E-state index contributed by atoms with van der Waals surface area (Å²) in [5.74, 6) is 7.05. The third-order valence-corrected chi connectivity index (χ3v) is 2.99. The summed E-state index contributed by atoms with van der Waals surface area (Å²) in [4.78, 5) is 0. The molecular formula is C8H14N2. The zero-order valence-corrected chi connectivity index (χ0v) is 6.21. The summed E-state index contributed by atoms with van der Waals surface area (Å²) < 4.78 is 0. The zero-order chi connectivity index (χ0) is 6.97. The Morgan fingerprint density at radius 3 is 3.00 bits per heavy atom. The maximum absolute atomic E-state index is 5.28. The number of nitrogens with two attached hydrogens (primary N) is 1. The van der Waals surface area contributed by atoms with Crippen LogP contribution < -0.4 is 5.84 Å². The highest BCUT2D eigenvalue weighted by molar-refractivity contribution is 5.87. The van der Waals surface area contributed by atoms with E-state index in [4.69, 9.17) is 5.84 Å². The zero-order valence-electron chi connectivity index (χ0n) is 6.21. The lowest BCUT2D eigenvalue weighted by Gasteiger charge is -2.19. The van der Waals surface area contributed by atoms with Gasteiger partial charge in [-0.1, -0.05) is 0 Å². The maximum Gasteiger partial charge on any atom is 0.0407 e. The Balaban J connectivity index is 2.14. The lowest BCUT2D eigenvalue weighted by molar-refractivity contribution is 0.477. The molecule has 2 fully saturated rings. The van der Waals surface area contributed by atoms with Gasteiger partial charge < -0.3 is 5.84 Å². The van der Waals surface area contributed by atoms with Crippen molar-refractivity contribution in [3.63, 3.8) is 0 Å². The molecule has 2 bridgehead atoms. The van der Waals surface area contributed by atoms with Crippen LogP contribution in [-0.2, 0) is 0 Å². The van der Waals surface area contributed by atoms with Crippen molar-refractivity contribution in [1.82, 2.24) is 0 Å². The number of fused-ring (bicyclic) bond motifs is 2. The first kappa shape index (κ1) is 6.20. The quantitative estimate of drug-likeness (QED) is 0.400. The van der Waals surface area contributed by atoms with E-state index >= 15 is 0 Å². The largest absolute Gasteiger partial charge is 0.323 e. The fourth-order valence-corrected chi connectivity index (χ4v) is 2.37. The predicted molar refractivity (Wildman–Crippen MR) is 41.7 cm³/mol. The maximum atomic E-state index is 5.28. The normalized spacial score (nSPS) is 42.6. The van der Waals surface area contributed by atoms with Crippen molar-refractivity contribution in [1.29, 1.82) is 0 Å². The van der Waals surface area contributed by atoms with Gasteiger partial charge in [-0.25, -0.2) is 0 Å². The summed E-state index contributed by atoms with van der Waals surface area (Å²) in [5.41, 5.74) is 1.29. The summed E-state index contributed by atoms with van der Waals surface area (Å²) in [6.45, 7) is 0. The van der Waals surface area contributed by atoms with Gasteiger partial charge in [-0.15, -0.1) is 0 Å². The van der Waals surface area contributed by atoms with Crippen molar-refractivity contribution in [2.75, 3.05) is 0 Å². The fraction of sp³-hybridized carbons (Fsp3) is 0.875. The highest BCUT2D eigenvalue weighted by Gasteiger charge is 2.32. The first-order valence-electron chi connectivity index (χ1n) is 4.17. The van der Waals surface area contributed by atoms with Gasteiger partial charge in [-0.3, -0.25) is 0 Å². The summed E-state index contributed by atoms with van der Waals surface area (Å²) in [6, 6.07) is 0. The van der Waals surface area contributed by atoms with Crippen LogP contribution in [0, 0.1) is 11.8 Å². The monoisotopic (exact) mass is 138 g/mol. The Hall–Kier alpha value is -0.530. The molecule has 10 heavy (non-hydrogen) atoms. The Bertz CT molecular complexity index is 163. The number of hydrogen-bond donors (Lipinski definition) is 1. The van der Waals surface area contributed by atoms with E-state index in [-0.39, 0.29) is 0 Å². The molecule has 0 aromatic carbocycles. The van der Waals surface area contributed by atoms with Crippen LogP contribution in [0.15, 0.2) is 5.10 Å². The Morgan fingerprint density at radius 1 is 1.30 bits per heavy atom. The molecule has 2 aliphatic carbocycles. The van der Waals surface area contributed by atoms with Crippen LogP contribution in [0.5, 0.6) is 0 Å². The SMILES string of the molecule is N/N=C1\CCC2CCC1C2. The molecule has 0 radical (unpaired) electrons. The molecular weight excluding hydrogens is 124 g/mol. The first-order chi connectivity index (χ1) is 4.90. The average Bonchev–Trinajstić information content (AvgIpc) is 2.34. The highest BCUT2D eigenvalue weighted by atomic mass is 15.1. The van der Waals surface area contributed by atoms with Crippen LogP contribution in [0.1, 0.15) is 32.1 Å². The van der Waals surface area contributed by atoms with E-state index in [1.165, 1.54) is 37.8 Å². The van der Waals surface area contributed by atoms with Crippen LogP contribution in [0.3, 0.4) is 0 Å². The second-order valence-electron chi connectivity index (χ2n) is 3.54. The molecule has 2 unspecified atom stereocenters. The molecule has 0 aliphatic heterocycles. The van der Waals surface area contributed by atoms with Crippen molar-refractivity contribution >= 4 is 5.71 Å². The second-order valence-corrected chi connectivity index (χ2v) is 3.54. The third kappa shape index (κ3) is 0.825. The Labute approximate surface area is 61.5 Å². The second kappa shape index (κ2) is 2.26. The van der Waals surface area contributed by atoms with Gasteiger partial charge in [0, 0.05) is 5.71 Å². The van der Waals surface area contributed by atoms with E-state index in [0.29, 0.717) is 0 Å². The number of rotatable bonds is 0. The standard InChI is InChI=1S/C8H14N2/c9-10-8-4-2-6-1-3-7(8)5-6/h6-7H,1-5,9H2/b10-8+. The molecule has 56 valence electrons. The van der Waals surface area contributed by atoms with Crippen LogP contribution in [0.4, 0.5) is 0 Å². The van der Waals surface area contributed by atoms with Crippen LogP contribution >= 0.6 is 0 Å². The van der Waals surface area contributed by atoms with Crippen molar-refractivity contribution in [2.24, 2.45) is 22.8 Å². The van der Waals surface area contributed by atoms with Gasteiger partial charge >= 0.3 is 0 Å². The predicted octanol–water partition coefficient (Wildman–Crippen LogP) is 1.51. The topological polar surface area (TPSA) is 38.4 Å². The van der Waals surface area contributed by atoms with Crippen molar-refractivity contribution in [3.05, 3.63) is 0 Å². The van der Waals surface area contributed by atoms with Gasteiger partial charge in [0.1, 0.15) is 0 Å². The average molecular weight is 138 g/mol. The summed E-state index contributed by atoms with van der Waals surface area (Å²) in [5, 5.41) is 3.84. The van der Waals surface area contributed by atoms with E-state index in [2.05, 4.69) is 5.10 Å². The lowest BCUT2D eigenvalue weighted by atomic mass is 9.88. The minimum absolute atomic E-state index is 0.767. The molecule has 0 spiro atoms. The van der Waals surface area contributed by atoms with Gasteiger partial charge in [0.2, 0.25) is 0 Å². The van der Waals surface area contributed by atoms with Crippen LogP contribution in [0.25, 0.3) is 0 Å². The molecule has 2 atom stereocenters. The van der Waals surface area contributed by atoms with E-state index in [1.807, 2.05) is 0 Å². The van der Waals surface area contributed by atoms with Crippen molar-refractivity contribution in [3.8, 4) is 0 Å². The summed E-state index contributed by atoms with van der Waals surface area (Å²) >= 11 is 0. The minimum atomic E-state index is 0.767. The minimum Gasteiger partial charge on any atom is -0.323 e. The van der Waals surface area contributed by atoms with Crippen molar-refractivity contribution in [2.45, 2.75) is 32.1 Å². The van der Waals surface area contributed by atoms with E-state index in [1.54, 1.807) is 0 Å². The number of hydrazone groups is 1. The van der Waals surface area contributed by atoms with E-state index in [0.717, 1.165) is 11.8 Å². The highest BCUT2D eigenvalue weighted by Crippen LogP contribution is 2.40. The molecule has 0 aromatic rings. The molecule has 2 N–H and O–H groups in total. The van der Waals surface area contributed by atoms with Gasteiger partial charge in [0.25, 0.3) is 0 Å². The summed E-state index contributed by atoms with van der Waals surface area (Å²) in [7, 11) is 0. The van der Waals surface area contributed by atoms with E-state index < -0.39 is 0 Å². The summed E-state index contributed by atoms with van der Waals surface area (Å²) in [6.07, 6.45) is 6.65. The van der Waals surface area contributed by atoms with Gasteiger partial charge in [-0.05, 0) is 43.9 Å². The first-order valence-corrected chi connectivity index (χ1v) is 4.17. The smallest absolute Gasteiger partial charge is 0.0407 e. The molecule has 0 saturated heterocycles. The van der Waals surface area contributed by atoms with Gasteiger partial charge in [0.05, 0.1) is 0 Å². The Morgan fingerprint density at radius 2 is 2.20 bits per heavy atom. The lowest BCUT2D eigenvalue weighted by Crippen LogP contribution is -2.18. The van der Waals surface area contributed by atoms with Gasteiger partial charge in [0.15, 0.2) is 0 Å². The van der Waals surface area contributed by atoms with Crippen molar-refractivity contribution < 1.29 is 0 Å². The molecule has 2 nitrogen and oxygen atoms in total. The molecule has 2 rings (SSSR count). The van der Waals surface area contributed by atoms with Crippen LogP contribution in [0.2, 0.25) is 0 Å². The van der Waals surface area contributed by atoms with E-state index in [9.17, 15) is 0 Å². The Kier molecular flexibility index (Phi) is 1.40. The number of nitrogens with zero attached hydrogens (tertiary/aromatic N) is 1. The van der Waals surface area contributed by atoms with Crippen LogP contribution in [-0.4, -0.2) is 5.71 Å². The molecule has 2 saturated carbocycles.